The van der Waals surface area contributed by atoms with Gasteiger partial charge in [-0.25, -0.2) is 71.1 Å². The van der Waals surface area contributed by atoms with E-state index in [-0.39, 0.29) is 41.5 Å². The van der Waals surface area contributed by atoms with Gasteiger partial charge in [-0.2, -0.15) is 0 Å². The van der Waals surface area contributed by atoms with E-state index in [1.165, 1.54) is 97.8 Å². The van der Waals surface area contributed by atoms with Crippen molar-refractivity contribution < 1.29 is 131 Å². The van der Waals surface area contributed by atoms with E-state index in [0.29, 0.717) is 100.0 Å². The number of esters is 2. The minimum absolute atomic E-state index is 0.00699. The van der Waals surface area contributed by atoms with Gasteiger partial charge in [0.05, 0.1) is 23.8 Å². The first-order valence-electron chi connectivity index (χ1n) is 38.1. The van der Waals surface area contributed by atoms with E-state index in [9.17, 15) is 100 Å². The summed E-state index contributed by atoms with van der Waals surface area (Å²) in [6, 6.07) is 32.9. The van der Waals surface area contributed by atoms with Crippen molar-refractivity contribution in [1.82, 2.24) is 0 Å². The number of carbonyl (C=O) groups excluding carboxylic acids is 5. The largest absolute Gasteiger partial charge is 0.547 e. The third kappa shape index (κ3) is 32.2. The summed E-state index contributed by atoms with van der Waals surface area (Å²) in [5, 5.41) is 35.3. The number of allylic oxidation sites excluding steroid dienone is 1. The smallest absolute Gasteiger partial charge is 0.331 e. The van der Waals surface area contributed by atoms with Crippen LogP contribution in [0.5, 0.6) is 0 Å². The Balaban J connectivity index is 0.000000217. The zero-order valence-corrected chi connectivity index (χ0v) is 66.6. The number of benzene rings is 8. The lowest BCUT2D eigenvalue weighted by molar-refractivity contribution is -0.386. The Morgan fingerprint density at radius 1 is 0.433 bits per heavy atom. The fourth-order valence-electron chi connectivity index (χ4n) is 13.2. The van der Waals surface area contributed by atoms with Gasteiger partial charge in [0.2, 0.25) is 5.24 Å². The van der Waals surface area contributed by atoms with Crippen molar-refractivity contribution >= 4 is 71.2 Å². The van der Waals surface area contributed by atoms with Crippen LogP contribution >= 0.6 is 11.6 Å². The van der Waals surface area contributed by atoms with E-state index >= 15 is 0 Å². The molecule has 29 heteroatoms. The first-order valence-corrected chi connectivity index (χ1v) is 38.5. The predicted octanol–water partition coefficient (Wildman–Crippen LogP) is 19.3. The van der Waals surface area contributed by atoms with Crippen LogP contribution in [0.15, 0.2) is 176 Å². The molecule has 5 aliphatic rings. The molecule has 5 saturated carbocycles. The normalized spacial score (nSPS) is 21.2. The molecule has 8 aromatic carbocycles. The number of carboxylic acid groups (broad SMARTS) is 3. The summed E-state index contributed by atoms with van der Waals surface area (Å²) in [6.07, 6.45) is 14.5. The van der Waals surface area contributed by atoms with E-state index in [1.807, 2.05) is 0 Å². The number of aldehydes is 1. The van der Waals surface area contributed by atoms with Gasteiger partial charge in [0, 0.05) is 30.1 Å². The minimum atomic E-state index is -1.52. The molecule has 0 bridgehead atoms. The number of hydrogen-bond acceptors (Lipinski definition) is 11. The molecule has 0 saturated heterocycles. The number of aliphatic hydroxyl groups is 1. The fourth-order valence-corrected chi connectivity index (χ4v) is 13.2. The molecular formula is C91H90ClF14NO13. The number of carbonyl (C=O) groups is 7. The number of aliphatic hydroxyl groups excluding tert-OH is 1. The summed E-state index contributed by atoms with van der Waals surface area (Å²) in [7, 11) is 0. The molecule has 5 fully saturated rings. The SMILES string of the molecule is CC(C)[C@@H]1CC[C@@H](C)C[C@H]1OC(=O)/C=C/c1ccc(F)c(F)c1.CC(C)[C@@H]1CC[C@@H](C)C[C@H]1OC(=O)[C@@H]1CC1c1ccc(F)c(F)c1.O=C(Cl)/C=C/c1ccc(F)c(F)c1.O=C(O)/C=C/c1ccc(F)c(F)c1.O=C(O)[C@@H]1CC1c1ccc(F)c(F)c1.O=C([O-])C(O)c1ccccc1.O=Cc1ccc(F)c(F)c1.[NH3+][C@@H]1C[C@H]1c1ccc(F)c(F)c1. The van der Waals surface area contributed by atoms with Gasteiger partial charge in [0.25, 0.3) is 0 Å². The molecule has 0 spiro atoms. The van der Waals surface area contributed by atoms with Crippen LogP contribution in [0.25, 0.3) is 18.2 Å². The van der Waals surface area contributed by atoms with Crippen molar-refractivity contribution in [3.63, 3.8) is 0 Å². The molecule has 0 heterocycles. The molecule has 5 aliphatic carbocycles. The predicted molar refractivity (Wildman–Crippen MR) is 418 cm³/mol. The average Bonchev–Trinajstić information content (AvgIpc) is 1.63. The third-order valence-corrected chi connectivity index (χ3v) is 20.3. The quantitative estimate of drug-likeness (QED) is 0.0205. The zero-order chi connectivity index (χ0) is 88.9. The number of ether oxygens (including phenoxy) is 2. The Labute approximate surface area is 689 Å². The number of rotatable bonds is 18. The van der Waals surface area contributed by atoms with E-state index in [2.05, 4.69) is 47.3 Å². The Kier molecular flexibility index (Phi) is 38.3. The molecular weight excluding hydrogens is 1620 g/mol. The van der Waals surface area contributed by atoms with Crippen molar-refractivity contribution in [2.24, 2.45) is 47.3 Å². The van der Waals surface area contributed by atoms with E-state index < -0.39 is 123 Å². The lowest BCUT2D eigenvalue weighted by atomic mass is 9.75. The van der Waals surface area contributed by atoms with Crippen molar-refractivity contribution in [3.8, 4) is 0 Å². The lowest BCUT2D eigenvalue weighted by Crippen LogP contribution is -2.53. The van der Waals surface area contributed by atoms with Gasteiger partial charge in [-0.15, -0.1) is 0 Å². The van der Waals surface area contributed by atoms with Gasteiger partial charge < -0.3 is 40.4 Å². The van der Waals surface area contributed by atoms with Gasteiger partial charge in [0.1, 0.15) is 24.6 Å². The molecule has 0 amide bonds. The Morgan fingerprint density at radius 2 is 0.775 bits per heavy atom. The van der Waals surface area contributed by atoms with Crippen LogP contribution in [-0.2, 0) is 38.2 Å². The number of hydrogen-bond donors (Lipinski definition) is 4. The number of carboxylic acids is 3. The first kappa shape index (κ1) is 97.7. The molecule has 8 aromatic rings. The van der Waals surface area contributed by atoms with Crippen LogP contribution in [0.3, 0.4) is 0 Å². The minimum Gasteiger partial charge on any atom is -0.547 e. The van der Waals surface area contributed by atoms with Gasteiger partial charge in [0.15, 0.2) is 81.4 Å². The first-order chi connectivity index (χ1) is 56.6. The van der Waals surface area contributed by atoms with Crippen LogP contribution in [-0.4, -0.2) is 74.9 Å². The number of halogens is 15. The van der Waals surface area contributed by atoms with Crippen LogP contribution < -0.4 is 10.8 Å². The van der Waals surface area contributed by atoms with Gasteiger partial charge in [-0.3, -0.25) is 19.2 Å². The number of aliphatic carboxylic acids is 3. The topological polar surface area (TPSA) is 249 Å². The highest BCUT2D eigenvalue weighted by molar-refractivity contribution is 6.66. The maximum Gasteiger partial charge on any atom is 0.331 e. The molecule has 0 aromatic heterocycles. The fraction of sp³-hybridized carbons (Fsp3) is 0.330. The van der Waals surface area contributed by atoms with Crippen molar-refractivity contribution in [2.75, 3.05) is 0 Å². The van der Waals surface area contributed by atoms with Crippen LogP contribution in [0.4, 0.5) is 61.5 Å². The molecule has 13 atom stereocenters. The highest BCUT2D eigenvalue weighted by Gasteiger charge is 2.48. The van der Waals surface area contributed by atoms with Crippen LogP contribution in [0.1, 0.15) is 172 Å². The van der Waals surface area contributed by atoms with E-state index in [0.717, 1.165) is 117 Å². The Hall–Kier alpha value is -11.1. The molecule has 642 valence electrons. The standard InChI is InChI=1S/C20H26F2O2.C19H24F2O2.C10H8F2O2.C9H5ClF2O.C9H9F2N.C9H6F2O2.C8H8O3.C7H4F2O/c1-11(2)14-6-4-12(3)8-19(14)24-20(23)16-10-15(16)13-5-7-17(21)18(22)9-13;1-12(2)15-7-4-13(3)10-18(15)23-19(22)9-6-14-5-8-16(20)17(21)11-14;11-8-2-1-5(3-9(8)12)6-4-7(6)10(13)14;10-9(13)4-2-6-1-3-7(11)8(12)5-6;10-7-2-1-5(3-8(7)11)6-4-9(6)12;10-7-3-1-6(5-8(7)11)2-4-9(12)13;9-7(8(10)11)6-4-2-1-3-5-6;8-6-2-1-5(4-10)3-7(6)9/h5,7,9,11-12,14-16,19H,4,6,8,10H2,1-3H3;5-6,8-9,11-13,15,18H,4,7,10H2,1-3H3;1-3,6-7H,4H2,(H,13,14);1-5H;1-3,6,9H,4,12H2;1-5H,(H,12,13);1-5,7,9H,(H,10,11);1-4H/b;9-6+;;4-2+;;4-2+;;/t12-,14+,15?,16-,19-;13-,15+,18-;6?,7-;;6-,9+;;;/m111.0.../s1. The highest BCUT2D eigenvalue weighted by Crippen LogP contribution is 2.50. The zero-order valence-electron chi connectivity index (χ0n) is 65.9. The van der Waals surface area contributed by atoms with Crippen molar-refractivity contribution in [1.29, 1.82) is 0 Å². The Morgan fingerprint density at radius 3 is 1.12 bits per heavy atom. The summed E-state index contributed by atoms with van der Waals surface area (Å²) in [5.74, 6) is -14.3. The third-order valence-electron chi connectivity index (χ3n) is 20.2. The molecule has 6 N–H and O–H groups in total. The number of quaternary nitrogens is 1. The second-order valence-electron chi connectivity index (χ2n) is 30.0. The van der Waals surface area contributed by atoms with E-state index in [1.54, 1.807) is 30.3 Å². The maximum atomic E-state index is 13.4. The molecule has 120 heavy (non-hydrogen) atoms. The molecule has 14 nitrogen and oxygen atoms in total. The second kappa shape index (κ2) is 47.0. The van der Waals surface area contributed by atoms with Gasteiger partial charge in [-0.05, 0) is 246 Å². The molecule has 13 rings (SSSR count). The maximum absolute atomic E-state index is 13.4. The summed E-state index contributed by atoms with van der Waals surface area (Å²) in [4.78, 5) is 75.5. The average molecular weight is 1710 g/mol. The summed E-state index contributed by atoms with van der Waals surface area (Å²) in [5.41, 5.74) is 7.56. The van der Waals surface area contributed by atoms with Crippen LogP contribution in [0.2, 0.25) is 0 Å². The lowest BCUT2D eigenvalue weighted by Gasteiger charge is -2.36. The summed E-state index contributed by atoms with van der Waals surface area (Å²) in [6.45, 7) is 13.1. The monoisotopic (exact) mass is 1710 g/mol. The van der Waals surface area contributed by atoms with Crippen molar-refractivity contribution in [2.45, 2.75) is 141 Å². The molecule has 0 aliphatic heterocycles. The molecule has 3 unspecified atom stereocenters. The van der Waals surface area contributed by atoms with E-state index in [4.69, 9.17) is 36.4 Å². The highest BCUT2D eigenvalue weighted by atomic mass is 35.5. The summed E-state index contributed by atoms with van der Waals surface area (Å²) >= 11 is 5.01. The molecule has 0 radical (unpaired) electrons. The Bertz CT molecular complexity index is 4840. The second-order valence-corrected chi connectivity index (χ2v) is 30.4. The van der Waals surface area contributed by atoms with Gasteiger partial charge in [-0.1, -0.05) is 127 Å². The van der Waals surface area contributed by atoms with Crippen LogP contribution in [0, 0.1) is 129 Å². The van der Waals surface area contributed by atoms with Gasteiger partial charge >= 0.3 is 23.9 Å². The summed E-state index contributed by atoms with van der Waals surface area (Å²) < 4.78 is 189. The van der Waals surface area contributed by atoms with Crippen molar-refractivity contribution in [3.05, 3.63) is 302 Å².